The van der Waals surface area contributed by atoms with E-state index in [1.54, 1.807) is 11.3 Å². The molecule has 90 valence electrons. The molecule has 1 N–H and O–H groups in total. The van der Waals surface area contributed by atoms with Crippen LogP contribution in [-0.4, -0.2) is 30.8 Å². The van der Waals surface area contributed by atoms with Crippen molar-refractivity contribution < 1.29 is 4.74 Å². The van der Waals surface area contributed by atoms with Gasteiger partial charge in [0.15, 0.2) is 0 Å². The number of ether oxygens (including phenoxy) is 1. The molecule has 1 aromatic heterocycles. The summed E-state index contributed by atoms with van der Waals surface area (Å²) in [7, 11) is 0. The molecule has 0 bridgehead atoms. The largest absolute Gasteiger partial charge is 0.381 e. The Morgan fingerprint density at radius 3 is 3.06 bits per heavy atom. The summed E-state index contributed by atoms with van der Waals surface area (Å²) in [5, 5.41) is 5.68. The lowest BCUT2D eigenvalue weighted by Gasteiger charge is -2.28. The predicted octanol–water partition coefficient (Wildman–Crippen LogP) is 2.09. The average Bonchev–Trinajstić information content (AvgIpc) is 2.88. The van der Waals surface area contributed by atoms with E-state index in [1.165, 1.54) is 5.69 Å². The summed E-state index contributed by atoms with van der Waals surface area (Å²) in [6.07, 6.45) is 2.18. The molecule has 1 fully saturated rings. The second kappa shape index (κ2) is 5.25. The molecule has 0 amide bonds. The van der Waals surface area contributed by atoms with Gasteiger partial charge in [0.25, 0.3) is 0 Å². The van der Waals surface area contributed by atoms with E-state index >= 15 is 0 Å². The van der Waals surface area contributed by atoms with Crippen LogP contribution in [0.5, 0.6) is 0 Å². The maximum atomic E-state index is 5.58. The van der Waals surface area contributed by atoms with Crippen LogP contribution in [0.25, 0.3) is 0 Å². The Morgan fingerprint density at radius 1 is 1.62 bits per heavy atom. The van der Waals surface area contributed by atoms with Gasteiger partial charge in [-0.3, -0.25) is 0 Å². The first-order chi connectivity index (χ1) is 7.70. The molecule has 1 saturated heterocycles. The van der Waals surface area contributed by atoms with Crippen LogP contribution in [0.1, 0.15) is 26.0 Å². The van der Waals surface area contributed by atoms with Crippen molar-refractivity contribution in [2.45, 2.75) is 32.7 Å². The lowest BCUT2D eigenvalue weighted by atomic mass is 9.82. The lowest BCUT2D eigenvalue weighted by Crippen LogP contribution is -2.39. The second-order valence-corrected chi connectivity index (χ2v) is 5.71. The van der Waals surface area contributed by atoms with Crippen LogP contribution < -0.4 is 5.32 Å². The van der Waals surface area contributed by atoms with E-state index in [4.69, 9.17) is 4.74 Å². The van der Waals surface area contributed by atoms with Crippen LogP contribution in [0.4, 0.5) is 0 Å². The quantitative estimate of drug-likeness (QED) is 0.855. The monoisotopic (exact) mass is 240 g/mol. The molecule has 0 aromatic carbocycles. The van der Waals surface area contributed by atoms with Gasteiger partial charge in [0.2, 0.25) is 0 Å². The van der Waals surface area contributed by atoms with Crippen molar-refractivity contribution in [1.29, 1.82) is 0 Å². The minimum absolute atomic E-state index is 0.262. The molecule has 0 aliphatic carbocycles. The normalized spacial score (nSPS) is 25.4. The Labute approximate surface area is 101 Å². The van der Waals surface area contributed by atoms with Gasteiger partial charge in [-0.25, -0.2) is 4.98 Å². The summed E-state index contributed by atoms with van der Waals surface area (Å²) in [6.45, 7) is 7.16. The summed E-state index contributed by atoms with van der Waals surface area (Å²) < 4.78 is 5.58. The Hall–Kier alpha value is -0.450. The molecule has 2 rings (SSSR count). The van der Waals surface area contributed by atoms with Crippen LogP contribution >= 0.6 is 11.3 Å². The highest BCUT2D eigenvalue weighted by Crippen LogP contribution is 2.32. The van der Waals surface area contributed by atoms with E-state index < -0.39 is 0 Å². The molecular weight excluding hydrogens is 220 g/mol. The smallest absolute Gasteiger partial charge is 0.0794 e. The van der Waals surface area contributed by atoms with E-state index in [2.05, 4.69) is 29.5 Å². The third-order valence-corrected chi connectivity index (χ3v) is 3.75. The number of nitrogens with one attached hydrogen (secondary N) is 1. The first-order valence-corrected chi connectivity index (χ1v) is 6.83. The molecule has 1 aliphatic heterocycles. The van der Waals surface area contributed by atoms with Crippen LogP contribution in [0.15, 0.2) is 10.9 Å². The molecule has 1 atom stereocenters. The third-order valence-electron chi connectivity index (χ3n) is 3.11. The summed E-state index contributed by atoms with van der Waals surface area (Å²) in [5.74, 6) is 0. The summed E-state index contributed by atoms with van der Waals surface area (Å²) in [4.78, 5) is 4.39. The van der Waals surface area contributed by atoms with Gasteiger partial charge in [-0.05, 0) is 12.8 Å². The predicted molar refractivity (Wildman–Crippen MR) is 66.8 cm³/mol. The molecule has 0 spiro atoms. The van der Waals surface area contributed by atoms with Gasteiger partial charge in [-0.15, -0.1) is 11.3 Å². The molecule has 0 radical (unpaired) electrons. The lowest BCUT2D eigenvalue weighted by molar-refractivity contribution is 0.147. The van der Waals surface area contributed by atoms with Gasteiger partial charge < -0.3 is 10.1 Å². The zero-order valence-electron chi connectivity index (χ0n) is 10.0. The Bertz CT molecular complexity index is 305. The Morgan fingerprint density at radius 2 is 2.50 bits per heavy atom. The number of thiazole rings is 1. The van der Waals surface area contributed by atoms with Crippen molar-refractivity contribution in [2.24, 2.45) is 5.41 Å². The highest BCUT2D eigenvalue weighted by atomic mass is 32.1. The van der Waals surface area contributed by atoms with Gasteiger partial charge in [-0.2, -0.15) is 0 Å². The number of hydrogen-bond donors (Lipinski definition) is 1. The molecule has 4 heteroatoms. The fourth-order valence-corrected chi connectivity index (χ4v) is 2.68. The fourth-order valence-electron chi connectivity index (χ4n) is 2.12. The zero-order valence-corrected chi connectivity index (χ0v) is 10.8. The number of aromatic nitrogens is 1. The van der Waals surface area contributed by atoms with Gasteiger partial charge in [0, 0.05) is 30.0 Å². The van der Waals surface area contributed by atoms with Crippen molar-refractivity contribution in [2.75, 3.05) is 19.8 Å². The van der Waals surface area contributed by atoms with Crippen LogP contribution in [0, 0.1) is 5.41 Å². The van der Waals surface area contributed by atoms with E-state index in [1.807, 2.05) is 5.51 Å². The zero-order chi connectivity index (χ0) is 11.4. The Balaban J connectivity index is 1.98. The van der Waals surface area contributed by atoms with E-state index in [0.717, 1.165) is 32.6 Å². The summed E-state index contributed by atoms with van der Waals surface area (Å²) in [5.41, 5.74) is 3.38. The second-order valence-electron chi connectivity index (χ2n) is 4.99. The van der Waals surface area contributed by atoms with E-state index in [-0.39, 0.29) is 5.41 Å². The van der Waals surface area contributed by atoms with Crippen molar-refractivity contribution >= 4 is 11.3 Å². The standard InChI is InChI=1S/C12H20N2OS/c1-10(2)13-7-12(3-4-15-8-12)5-11-6-16-9-14-11/h6,9-10,13H,3-5,7-8H2,1-2H3. The van der Waals surface area contributed by atoms with Crippen molar-refractivity contribution in [1.82, 2.24) is 10.3 Å². The van der Waals surface area contributed by atoms with Crippen molar-refractivity contribution in [3.05, 3.63) is 16.6 Å². The molecule has 1 aromatic rings. The van der Waals surface area contributed by atoms with Crippen molar-refractivity contribution in [3.8, 4) is 0 Å². The summed E-state index contributed by atoms with van der Waals surface area (Å²) >= 11 is 1.67. The van der Waals surface area contributed by atoms with Crippen molar-refractivity contribution in [3.63, 3.8) is 0 Å². The number of nitrogens with zero attached hydrogens (tertiary/aromatic N) is 1. The Kier molecular flexibility index (Phi) is 3.95. The maximum Gasteiger partial charge on any atom is 0.0794 e. The molecule has 1 unspecified atom stereocenters. The molecular formula is C12H20N2OS. The van der Waals surface area contributed by atoms with Crippen LogP contribution in [0.3, 0.4) is 0 Å². The maximum absolute atomic E-state index is 5.58. The van der Waals surface area contributed by atoms with Gasteiger partial charge in [0.05, 0.1) is 17.8 Å². The van der Waals surface area contributed by atoms with Crippen LogP contribution in [-0.2, 0) is 11.2 Å². The highest BCUT2D eigenvalue weighted by Gasteiger charge is 2.35. The summed E-state index contributed by atoms with van der Waals surface area (Å²) in [6, 6.07) is 0.535. The van der Waals surface area contributed by atoms with E-state index in [9.17, 15) is 0 Å². The molecule has 1 aliphatic rings. The minimum Gasteiger partial charge on any atom is -0.381 e. The molecule has 3 nitrogen and oxygen atoms in total. The SMILES string of the molecule is CC(C)NCC1(Cc2cscn2)CCOC1. The van der Waals surface area contributed by atoms with Gasteiger partial charge in [-0.1, -0.05) is 13.8 Å². The molecule has 2 heterocycles. The van der Waals surface area contributed by atoms with E-state index in [0.29, 0.717) is 6.04 Å². The average molecular weight is 240 g/mol. The first kappa shape index (κ1) is 12.0. The molecule has 16 heavy (non-hydrogen) atoms. The highest BCUT2D eigenvalue weighted by molar-refractivity contribution is 7.07. The topological polar surface area (TPSA) is 34.2 Å². The number of rotatable bonds is 5. The minimum atomic E-state index is 0.262. The molecule has 0 saturated carbocycles. The third kappa shape index (κ3) is 3.03. The van der Waals surface area contributed by atoms with Gasteiger partial charge in [0.1, 0.15) is 0 Å². The first-order valence-electron chi connectivity index (χ1n) is 5.88. The fraction of sp³-hybridized carbons (Fsp3) is 0.750. The van der Waals surface area contributed by atoms with Gasteiger partial charge >= 0.3 is 0 Å². The van der Waals surface area contributed by atoms with Crippen LogP contribution in [0.2, 0.25) is 0 Å². The number of hydrogen-bond acceptors (Lipinski definition) is 4.